The van der Waals surface area contributed by atoms with Crippen molar-refractivity contribution in [2.75, 3.05) is 26.8 Å². The van der Waals surface area contributed by atoms with E-state index in [1.165, 1.54) is 0 Å². The summed E-state index contributed by atoms with van der Waals surface area (Å²) in [6.45, 7) is 10.9. The molecule has 0 amide bonds. The molecule has 0 bridgehead atoms. The largest absolute Gasteiger partial charge is 0.383 e. The maximum Gasteiger partial charge on any atom is 0.205 e. The second kappa shape index (κ2) is 7.46. The molecule has 0 heterocycles. The van der Waals surface area contributed by atoms with Crippen molar-refractivity contribution in [2.24, 2.45) is 22.2 Å². The van der Waals surface area contributed by atoms with Crippen LogP contribution in [0.5, 0.6) is 0 Å². The molecule has 0 atom stereocenters. The predicted octanol–water partition coefficient (Wildman–Crippen LogP) is 0.724. The van der Waals surface area contributed by atoms with E-state index in [1.54, 1.807) is 7.11 Å². The summed E-state index contributed by atoms with van der Waals surface area (Å²) < 4.78 is 4.93. The maximum atomic E-state index is 5.38. The van der Waals surface area contributed by atoms with Crippen molar-refractivity contribution < 1.29 is 4.74 Å². The van der Waals surface area contributed by atoms with Gasteiger partial charge >= 0.3 is 0 Å². The highest BCUT2D eigenvalue weighted by Crippen LogP contribution is 2.25. The van der Waals surface area contributed by atoms with Gasteiger partial charge in [-0.2, -0.15) is 0 Å². The SMILES string of the molecule is COCCNC(=NCC(C)(C)C(C)C)NN. The first kappa shape index (κ1) is 15.2. The zero-order valence-corrected chi connectivity index (χ0v) is 11.1. The van der Waals surface area contributed by atoms with Crippen LogP contribution in [0.1, 0.15) is 27.7 Å². The summed E-state index contributed by atoms with van der Waals surface area (Å²) in [6.07, 6.45) is 0. The molecule has 5 nitrogen and oxygen atoms in total. The van der Waals surface area contributed by atoms with Crippen molar-refractivity contribution >= 4 is 5.96 Å². The molecule has 0 saturated heterocycles. The van der Waals surface area contributed by atoms with Crippen LogP contribution >= 0.6 is 0 Å². The number of nitrogens with two attached hydrogens (primary N) is 1. The molecule has 0 radical (unpaired) electrons. The van der Waals surface area contributed by atoms with Gasteiger partial charge in [0, 0.05) is 20.2 Å². The average Bonchev–Trinajstić information content (AvgIpc) is 2.23. The van der Waals surface area contributed by atoms with Crippen LogP contribution in [-0.4, -0.2) is 32.8 Å². The lowest BCUT2D eigenvalue weighted by Crippen LogP contribution is -2.43. The summed E-state index contributed by atoms with van der Waals surface area (Å²) in [7, 11) is 1.66. The van der Waals surface area contributed by atoms with Gasteiger partial charge in [0.25, 0.3) is 0 Å². The van der Waals surface area contributed by atoms with Crippen LogP contribution in [-0.2, 0) is 4.74 Å². The molecule has 0 aromatic heterocycles. The lowest BCUT2D eigenvalue weighted by molar-refractivity contribution is 0.203. The van der Waals surface area contributed by atoms with Crippen LogP contribution in [0.25, 0.3) is 0 Å². The van der Waals surface area contributed by atoms with Crippen LogP contribution in [0.3, 0.4) is 0 Å². The number of aliphatic imine (C=N–C) groups is 1. The van der Waals surface area contributed by atoms with Crippen LogP contribution in [0.2, 0.25) is 0 Å². The zero-order valence-electron chi connectivity index (χ0n) is 11.1. The second-order valence-corrected chi connectivity index (χ2v) is 4.87. The maximum absolute atomic E-state index is 5.38. The molecule has 0 unspecified atom stereocenters. The van der Waals surface area contributed by atoms with E-state index >= 15 is 0 Å². The summed E-state index contributed by atoms with van der Waals surface area (Å²) in [5.41, 5.74) is 2.73. The normalized spacial score (nSPS) is 13.1. The van der Waals surface area contributed by atoms with Gasteiger partial charge in [-0.3, -0.25) is 10.4 Å². The van der Waals surface area contributed by atoms with Crippen molar-refractivity contribution in [3.8, 4) is 0 Å². The van der Waals surface area contributed by atoms with Crippen molar-refractivity contribution in [3.05, 3.63) is 0 Å². The third kappa shape index (κ3) is 5.92. The Morgan fingerprint density at radius 1 is 1.44 bits per heavy atom. The third-order valence-electron chi connectivity index (χ3n) is 2.94. The number of nitrogens with one attached hydrogen (secondary N) is 2. The molecular formula is C11H26N4O. The quantitative estimate of drug-likeness (QED) is 0.207. The molecule has 0 aliphatic rings. The Kier molecular flexibility index (Phi) is 7.08. The number of methoxy groups -OCH3 is 1. The van der Waals surface area contributed by atoms with Gasteiger partial charge in [-0.25, -0.2) is 5.84 Å². The van der Waals surface area contributed by atoms with Gasteiger partial charge < -0.3 is 10.1 Å². The number of hydrogen-bond acceptors (Lipinski definition) is 3. The fraction of sp³-hybridized carbons (Fsp3) is 0.909. The van der Waals surface area contributed by atoms with E-state index in [0.717, 1.165) is 6.54 Å². The van der Waals surface area contributed by atoms with E-state index < -0.39 is 0 Å². The summed E-state index contributed by atoms with van der Waals surface area (Å²) >= 11 is 0. The van der Waals surface area contributed by atoms with E-state index in [-0.39, 0.29) is 5.41 Å². The minimum Gasteiger partial charge on any atom is -0.383 e. The van der Waals surface area contributed by atoms with Gasteiger partial charge in [0.05, 0.1) is 6.61 Å². The number of hydrogen-bond donors (Lipinski definition) is 3. The third-order valence-corrected chi connectivity index (χ3v) is 2.94. The van der Waals surface area contributed by atoms with Gasteiger partial charge in [0.1, 0.15) is 0 Å². The van der Waals surface area contributed by atoms with Crippen LogP contribution in [0, 0.1) is 11.3 Å². The number of guanidine groups is 1. The molecule has 0 aromatic carbocycles. The zero-order chi connectivity index (χ0) is 12.6. The van der Waals surface area contributed by atoms with Gasteiger partial charge in [-0.1, -0.05) is 27.7 Å². The minimum atomic E-state index is 0.172. The molecule has 5 heteroatoms. The Morgan fingerprint density at radius 2 is 2.06 bits per heavy atom. The van der Waals surface area contributed by atoms with Gasteiger partial charge in [-0.15, -0.1) is 0 Å². The molecule has 16 heavy (non-hydrogen) atoms. The number of hydrazine groups is 1. The minimum absolute atomic E-state index is 0.172. The lowest BCUT2D eigenvalue weighted by atomic mass is 9.81. The number of rotatable bonds is 6. The second-order valence-electron chi connectivity index (χ2n) is 4.87. The van der Waals surface area contributed by atoms with E-state index in [2.05, 4.69) is 43.4 Å². The fourth-order valence-corrected chi connectivity index (χ4v) is 0.889. The summed E-state index contributed by atoms with van der Waals surface area (Å²) in [5.74, 6) is 6.57. The molecule has 0 aliphatic carbocycles. The Bertz CT molecular complexity index is 214. The Morgan fingerprint density at radius 3 is 2.50 bits per heavy atom. The van der Waals surface area contributed by atoms with E-state index in [1.807, 2.05) is 0 Å². The summed E-state index contributed by atoms with van der Waals surface area (Å²) in [6, 6.07) is 0. The van der Waals surface area contributed by atoms with Crippen LogP contribution in [0.15, 0.2) is 4.99 Å². The van der Waals surface area contributed by atoms with Crippen molar-refractivity contribution in [1.82, 2.24) is 10.7 Å². The molecule has 0 saturated carbocycles. The lowest BCUT2D eigenvalue weighted by Gasteiger charge is -2.27. The van der Waals surface area contributed by atoms with Crippen molar-refractivity contribution in [3.63, 3.8) is 0 Å². The molecule has 96 valence electrons. The first-order chi connectivity index (χ1) is 7.44. The molecule has 0 spiro atoms. The highest BCUT2D eigenvalue weighted by molar-refractivity contribution is 5.79. The highest BCUT2D eigenvalue weighted by atomic mass is 16.5. The van der Waals surface area contributed by atoms with Crippen LogP contribution < -0.4 is 16.6 Å². The topological polar surface area (TPSA) is 71.7 Å². The smallest absolute Gasteiger partial charge is 0.205 e. The van der Waals surface area contributed by atoms with Gasteiger partial charge in [0.2, 0.25) is 5.96 Å². The van der Waals surface area contributed by atoms with Gasteiger partial charge in [-0.05, 0) is 11.3 Å². The number of ether oxygens (including phenoxy) is 1. The fourth-order valence-electron chi connectivity index (χ4n) is 0.889. The van der Waals surface area contributed by atoms with Gasteiger partial charge in [0.15, 0.2) is 0 Å². The Balaban J connectivity index is 4.15. The Labute approximate surface area is 98.8 Å². The molecular weight excluding hydrogens is 204 g/mol. The molecule has 0 aliphatic heterocycles. The van der Waals surface area contributed by atoms with E-state index in [4.69, 9.17) is 10.6 Å². The van der Waals surface area contributed by atoms with Crippen molar-refractivity contribution in [1.29, 1.82) is 0 Å². The van der Waals surface area contributed by atoms with Crippen molar-refractivity contribution in [2.45, 2.75) is 27.7 Å². The van der Waals surface area contributed by atoms with E-state index in [9.17, 15) is 0 Å². The predicted molar refractivity (Wildman–Crippen MR) is 68.1 cm³/mol. The molecule has 4 N–H and O–H groups in total. The molecule has 0 rings (SSSR count). The highest BCUT2D eigenvalue weighted by Gasteiger charge is 2.21. The van der Waals surface area contributed by atoms with E-state index in [0.29, 0.717) is 25.0 Å². The standard InChI is InChI=1S/C11H26N4O/c1-9(2)11(3,4)8-14-10(15-12)13-6-7-16-5/h9H,6-8,12H2,1-5H3,(H2,13,14,15). The molecule has 0 aromatic rings. The number of nitrogens with zero attached hydrogens (tertiary/aromatic N) is 1. The first-order valence-corrected chi connectivity index (χ1v) is 5.68. The van der Waals surface area contributed by atoms with Crippen LogP contribution in [0.4, 0.5) is 0 Å². The molecule has 0 fully saturated rings. The Hall–Kier alpha value is -0.810. The summed E-state index contributed by atoms with van der Waals surface area (Å²) in [5, 5.41) is 3.07. The first-order valence-electron chi connectivity index (χ1n) is 5.68. The average molecular weight is 230 g/mol. The summed E-state index contributed by atoms with van der Waals surface area (Å²) in [4.78, 5) is 4.42. The monoisotopic (exact) mass is 230 g/mol.